The van der Waals surface area contributed by atoms with Gasteiger partial charge in [0.15, 0.2) is 0 Å². The third kappa shape index (κ3) is 4.50. The Kier molecular flexibility index (Phi) is 5.31. The van der Waals surface area contributed by atoms with Gasteiger partial charge in [0.05, 0.1) is 4.92 Å². The Morgan fingerprint density at radius 2 is 1.92 bits per heavy atom. The number of aromatic nitrogens is 1. The number of nitro groups is 1. The summed E-state index contributed by atoms with van der Waals surface area (Å²) in [6.07, 6.45) is 1.71. The van der Waals surface area contributed by atoms with E-state index in [2.05, 4.69) is 4.98 Å². The molecule has 0 radical (unpaired) electrons. The number of hydrogen-bond donors (Lipinski definition) is 0. The molecule has 0 saturated carbocycles. The lowest BCUT2D eigenvalue weighted by Gasteiger charge is -2.34. The van der Waals surface area contributed by atoms with E-state index in [9.17, 15) is 19.3 Å². The van der Waals surface area contributed by atoms with Crippen LogP contribution in [0.2, 0.25) is 0 Å². The van der Waals surface area contributed by atoms with Crippen molar-refractivity contribution in [2.75, 3.05) is 4.90 Å². The Balaban J connectivity index is 2.27. The van der Waals surface area contributed by atoms with Crippen LogP contribution >= 0.6 is 0 Å². The average molecular weight is 347 g/mol. The molecule has 25 heavy (non-hydrogen) atoms. The van der Waals surface area contributed by atoms with Gasteiger partial charge in [-0.15, -0.1) is 0 Å². The molecule has 1 aromatic carbocycles. The normalized spacial score (nSPS) is 11.0. The maximum atomic E-state index is 12.9. The van der Waals surface area contributed by atoms with E-state index in [1.165, 1.54) is 41.4 Å². The zero-order valence-corrected chi connectivity index (χ0v) is 14.1. The first-order chi connectivity index (χ1) is 11.7. The summed E-state index contributed by atoms with van der Waals surface area (Å²) in [5.74, 6) is -0.390. The monoisotopic (exact) mass is 347 g/mol. The van der Waals surface area contributed by atoms with Crippen LogP contribution in [0.25, 0.3) is 0 Å². The Bertz CT molecular complexity index is 772. The van der Waals surface area contributed by atoms with Gasteiger partial charge in [0, 0.05) is 11.7 Å². The Morgan fingerprint density at radius 3 is 2.48 bits per heavy atom. The molecule has 0 N–H and O–H groups in total. The largest absolute Gasteiger partial charge is 0.444 e. The van der Waals surface area contributed by atoms with Gasteiger partial charge >= 0.3 is 11.8 Å². The van der Waals surface area contributed by atoms with Crippen LogP contribution in [0.5, 0.6) is 0 Å². The summed E-state index contributed by atoms with van der Waals surface area (Å²) in [5, 5.41) is 11.2. The van der Waals surface area contributed by atoms with Crippen LogP contribution in [-0.2, 0) is 11.3 Å². The van der Waals surface area contributed by atoms with Gasteiger partial charge < -0.3 is 4.74 Å². The first-order valence-corrected chi connectivity index (χ1v) is 7.50. The molecule has 0 aliphatic carbocycles. The van der Waals surface area contributed by atoms with Crippen LogP contribution in [0.15, 0.2) is 42.7 Å². The van der Waals surface area contributed by atoms with Crippen molar-refractivity contribution >= 4 is 17.5 Å². The standard InChI is InChI=1S/C17H18FN3O4/c1-17(2,3)20(14-8-9-19-10-15(14)21(23)24)16(22)25-11-12-4-6-13(18)7-5-12/h4-10H,11H2,1-3H3. The van der Waals surface area contributed by atoms with E-state index in [1.54, 1.807) is 20.8 Å². The van der Waals surface area contributed by atoms with Crippen molar-refractivity contribution in [1.82, 2.24) is 4.98 Å². The van der Waals surface area contributed by atoms with Crippen LogP contribution in [0.1, 0.15) is 26.3 Å². The number of amides is 1. The van der Waals surface area contributed by atoms with Gasteiger partial charge in [-0.3, -0.25) is 20.0 Å². The summed E-state index contributed by atoms with van der Waals surface area (Å²) in [5.41, 5.74) is -0.368. The molecule has 0 aliphatic rings. The molecule has 1 aromatic heterocycles. The summed E-state index contributed by atoms with van der Waals surface area (Å²) in [6, 6.07) is 6.91. The summed E-state index contributed by atoms with van der Waals surface area (Å²) in [4.78, 5) is 28.2. The van der Waals surface area contributed by atoms with E-state index in [4.69, 9.17) is 4.74 Å². The van der Waals surface area contributed by atoms with E-state index >= 15 is 0 Å². The Labute approximate surface area is 144 Å². The number of benzene rings is 1. The molecule has 7 nitrogen and oxygen atoms in total. The van der Waals surface area contributed by atoms with Gasteiger partial charge in [-0.05, 0) is 44.5 Å². The van der Waals surface area contributed by atoms with Crippen molar-refractivity contribution in [1.29, 1.82) is 0 Å². The number of halogens is 1. The summed E-state index contributed by atoms with van der Waals surface area (Å²) in [6.45, 7) is 5.12. The molecule has 0 atom stereocenters. The Hall–Kier alpha value is -3.03. The fourth-order valence-electron chi connectivity index (χ4n) is 2.23. The van der Waals surface area contributed by atoms with E-state index in [1.807, 2.05) is 0 Å². The highest BCUT2D eigenvalue weighted by Gasteiger charge is 2.34. The number of nitrogens with zero attached hydrogens (tertiary/aromatic N) is 3. The molecule has 0 saturated heterocycles. The van der Waals surface area contributed by atoms with Crippen LogP contribution in [0.3, 0.4) is 0 Å². The molecular formula is C17H18FN3O4. The number of rotatable bonds is 4. The van der Waals surface area contributed by atoms with Crippen LogP contribution < -0.4 is 4.90 Å². The van der Waals surface area contributed by atoms with Gasteiger partial charge in [0.2, 0.25) is 0 Å². The first-order valence-electron chi connectivity index (χ1n) is 7.50. The smallest absolute Gasteiger partial charge is 0.415 e. The van der Waals surface area contributed by atoms with Gasteiger partial charge in [-0.2, -0.15) is 0 Å². The highest BCUT2D eigenvalue weighted by atomic mass is 19.1. The quantitative estimate of drug-likeness (QED) is 0.615. The third-order valence-electron chi connectivity index (χ3n) is 3.34. The summed E-state index contributed by atoms with van der Waals surface area (Å²) in [7, 11) is 0. The molecule has 0 bridgehead atoms. The van der Waals surface area contributed by atoms with Crippen LogP contribution in [0, 0.1) is 15.9 Å². The molecule has 0 spiro atoms. The van der Waals surface area contributed by atoms with Crippen molar-refractivity contribution in [3.8, 4) is 0 Å². The van der Waals surface area contributed by atoms with E-state index in [-0.39, 0.29) is 23.8 Å². The lowest BCUT2D eigenvalue weighted by atomic mass is 10.1. The SMILES string of the molecule is CC(C)(C)N(C(=O)OCc1ccc(F)cc1)c1ccncc1[N+](=O)[O-]. The fraction of sp³-hybridized carbons (Fsp3) is 0.294. The lowest BCUT2D eigenvalue weighted by Crippen LogP contribution is -2.46. The number of anilines is 1. The highest BCUT2D eigenvalue weighted by molar-refractivity contribution is 5.91. The highest BCUT2D eigenvalue weighted by Crippen LogP contribution is 2.32. The van der Waals surface area contributed by atoms with Gasteiger partial charge in [-0.1, -0.05) is 12.1 Å². The molecule has 8 heteroatoms. The van der Waals surface area contributed by atoms with Crippen molar-refractivity contribution in [3.05, 3.63) is 64.2 Å². The molecule has 0 fully saturated rings. The number of carbonyl (C=O) groups is 1. The number of hydrogen-bond acceptors (Lipinski definition) is 5. The van der Waals surface area contributed by atoms with Crippen LogP contribution in [-0.4, -0.2) is 21.5 Å². The lowest BCUT2D eigenvalue weighted by molar-refractivity contribution is -0.384. The minimum absolute atomic E-state index is 0.0788. The molecule has 1 amide bonds. The zero-order valence-electron chi connectivity index (χ0n) is 14.1. The van der Waals surface area contributed by atoms with Crippen molar-refractivity contribution < 1.29 is 18.8 Å². The maximum absolute atomic E-state index is 12.9. The Morgan fingerprint density at radius 1 is 1.28 bits per heavy atom. The van der Waals surface area contributed by atoms with E-state index in [0.717, 1.165) is 6.20 Å². The van der Waals surface area contributed by atoms with Crippen molar-refractivity contribution in [3.63, 3.8) is 0 Å². The molecule has 0 unspecified atom stereocenters. The van der Waals surface area contributed by atoms with Crippen molar-refractivity contribution in [2.45, 2.75) is 32.9 Å². The molecule has 2 rings (SSSR count). The van der Waals surface area contributed by atoms with E-state index in [0.29, 0.717) is 5.56 Å². The molecule has 132 valence electrons. The summed E-state index contributed by atoms with van der Waals surface area (Å²) >= 11 is 0. The second-order valence-corrected chi connectivity index (χ2v) is 6.31. The second-order valence-electron chi connectivity index (χ2n) is 6.31. The van der Waals surface area contributed by atoms with Gasteiger partial charge in [-0.25, -0.2) is 9.18 Å². The van der Waals surface area contributed by atoms with E-state index < -0.39 is 16.6 Å². The second kappa shape index (κ2) is 7.25. The predicted octanol–water partition coefficient (Wildman–Crippen LogP) is 4.07. The predicted molar refractivity (Wildman–Crippen MR) is 89.7 cm³/mol. The first kappa shape index (κ1) is 18.3. The number of carbonyl (C=O) groups excluding carboxylic acids is 1. The molecule has 1 heterocycles. The minimum atomic E-state index is -0.772. The van der Waals surface area contributed by atoms with Gasteiger partial charge in [0.1, 0.15) is 24.3 Å². The summed E-state index contributed by atoms with van der Waals surface area (Å²) < 4.78 is 18.2. The minimum Gasteiger partial charge on any atom is -0.444 e. The third-order valence-corrected chi connectivity index (χ3v) is 3.34. The fourth-order valence-corrected chi connectivity index (χ4v) is 2.23. The molecule has 2 aromatic rings. The average Bonchev–Trinajstić information content (AvgIpc) is 2.53. The van der Waals surface area contributed by atoms with Crippen LogP contribution in [0.4, 0.5) is 20.6 Å². The maximum Gasteiger partial charge on any atom is 0.415 e. The zero-order chi connectivity index (χ0) is 18.6. The van der Waals surface area contributed by atoms with Gasteiger partial charge in [0.25, 0.3) is 0 Å². The number of pyridine rings is 1. The number of ether oxygens (including phenoxy) is 1. The molecular weight excluding hydrogens is 329 g/mol. The molecule has 0 aliphatic heterocycles. The topological polar surface area (TPSA) is 85.6 Å². The van der Waals surface area contributed by atoms with Crippen molar-refractivity contribution in [2.24, 2.45) is 0 Å².